The molecule has 0 radical (unpaired) electrons. The molecule has 2 N–H and O–H groups in total. The van der Waals surface area contributed by atoms with E-state index in [4.69, 9.17) is 11.6 Å². The van der Waals surface area contributed by atoms with E-state index < -0.39 is 24.7 Å². The van der Waals surface area contributed by atoms with E-state index in [-0.39, 0.29) is 28.5 Å². The Morgan fingerprint density at radius 3 is 2.80 bits per heavy atom. The first-order valence-electron chi connectivity index (χ1n) is 8.90. The third kappa shape index (κ3) is 4.08. The lowest BCUT2D eigenvalue weighted by atomic mass is 10.1. The van der Waals surface area contributed by atoms with Crippen molar-refractivity contribution in [3.63, 3.8) is 0 Å². The van der Waals surface area contributed by atoms with Crippen LogP contribution in [-0.2, 0) is 0 Å². The standard InChI is InChI=1S/C17H15ClF3N7O2/c18-12-5-13(24-8-23-12)26-16(30)28-9-3-4-27(6-9)11-2-1-10(25-14(11)28)15(29)22-7-17(19,20)21/h1-2,5,8-9H,3-4,6-7H2,(H,22,29)(H,23,24,26,30). The number of carbonyl (C=O) groups is 2. The molecule has 2 aliphatic heterocycles. The van der Waals surface area contributed by atoms with Gasteiger partial charge in [0.05, 0.1) is 11.7 Å². The van der Waals surface area contributed by atoms with E-state index in [2.05, 4.69) is 20.3 Å². The normalized spacial score (nSPS) is 17.5. The molecule has 2 aromatic heterocycles. The molecule has 0 aliphatic carbocycles. The Kier molecular flexibility index (Phi) is 5.10. The first-order chi connectivity index (χ1) is 14.2. The van der Waals surface area contributed by atoms with Gasteiger partial charge in [0.1, 0.15) is 29.5 Å². The maximum atomic E-state index is 13.0. The van der Waals surface area contributed by atoms with Crippen molar-refractivity contribution in [3.8, 4) is 0 Å². The minimum absolute atomic E-state index is 0.146. The summed E-state index contributed by atoms with van der Waals surface area (Å²) in [6.07, 6.45) is -2.68. The predicted octanol–water partition coefficient (Wildman–Crippen LogP) is 2.45. The van der Waals surface area contributed by atoms with Crippen LogP contribution in [0.2, 0.25) is 5.15 Å². The van der Waals surface area contributed by atoms with Gasteiger partial charge in [0.2, 0.25) is 0 Å². The summed E-state index contributed by atoms with van der Waals surface area (Å²) >= 11 is 5.82. The number of hydrogen-bond acceptors (Lipinski definition) is 6. The monoisotopic (exact) mass is 441 g/mol. The highest BCUT2D eigenvalue weighted by atomic mass is 35.5. The third-order valence-corrected chi connectivity index (χ3v) is 4.93. The average Bonchev–Trinajstić information content (AvgIpc) is 3.09. The van der Waals surface area contributed by atoms with Gasteiger partial charge in [0, 0.05) is 19.2 Å². The lowest BCUT2D eigenvalue weighted by molar-refractivity contribution is -0.123. The Labute approximate surface area is 173 Å². The van der Waals surface area contributed by atoms with Crippen molar-refractivity contribution in [3.05, 3.63) is 35.4 Å². The van der Waals surface area contributed by atoms with Crippen molar-refractivity contribution in [1.29, 1.82) is 0 Å². The van der Waals surface area contributed by atoms with Crippen LogP contribution < -0.4 is 20.4 Å². The molecule has 1 fully saturated rings. The van der Waals surface area contributed by atoms with Gasteiger partial charge in [0.25, 0.3) is 5.91 Å². The Bertz CT molecular complexity index is 1000. The minimum Gasteiger partial charge on any atom is -0.366 e. The molecule has 2 aromatic rings. The number of carbonyl (C=O) groups excluding carboxylic acids is 2. The van der Waals surface area contributed by atoms with Crippen molar-refractivity contribution in [1.82, 2.24) is 20.3 Å². The van der Waals surface area contributed by atoms with E-state index >= 15 is 0 Å². The van der Waals surface area contributed by atoms with Gasteiger partial charge in [-0.2, -0.15) is 13.2 Å². The van der Waals surface area contributed by atoms with Gasteiger partial charge in [-0.25, -0.2) is 19.7 Å². The number of rotatable bonds is 3. The molecule has 0 aromatic carbocycles. The lowest BCUT2D eigenvalue weighted by Gasteiger charge is -2.35. The Hall–Kier alpha value is -3.15. The van der Waals surface area contributed by atoms with Gasteiger partial charge >= 0.3 is 12.2 Å². The zero-order valence-corrected chi connectivity index (χ0v) is 16.0. The Morgan fingerprint density at radius 1 is 1.27 bits per heavy atom. The van der Waals surface area contributed by atoms with Crippen LogP contribution in [-0.4, -0.2) is 58.7 Å². The molecule has 0 spiro atoms. The second-order valence-electron chi connectivity index (χ2n) is 6.75. The van der Waals surface area contributed by atoms with Crippen molar-refractivity contribution in [2.75, 3.05) is 34.8 Å². The molecule has 0 saturated carbocycles. The zero-order chi connectivity index (χ0) is 21.5. The Morgan fingerprint density at radius 2 is 2.07 bits per heavy atom. The molecular formula is C17H15ClF3N7O2. The molecule has 2 aliphatic rings. The van der Waals surface area contributed by atoms with Crippen molar-refractivity contribution < 1.29 is 22.8 Å². The molecule has 2 bridgehead atoms. The van der Waals surface area contributed by atoms with Gasteiger partial charge in [0.15, 0.2) is 5.82 Å². The van der Waals surface area contributed by atoms with Crippen LogP contribution in [0.1, 0.15) is 16.9 Å². The molecule has 1 atom stereocenters. The summed E-state index contributed by atoms with van der Waals surface area (Å²) in [4.78, 5) is 40.4. The second-order valence-corrected chi connectivity index (χ2v) is 7.14. The number of urea groups is 1. The SMILES string of the molecule is O=C(NCC(F)(F)F)c1ccc2c(n1)N(C(=O)Nc1cc(Cl)ncn1)C1CCN2C1. The number of aromatic nitrogens is 3. The largest absolute Gasteiger partial charge is 0.405 e. The van der Waals surface area contributed by atoms with Gasteiger partial charge in [-0.3, -0.25) is 15.0 Å². The van der Waals surface area contributed by atoms with Crippen molar-refractivity contribution >= 4 is 40.9 Å². The number of halogens is 4. The van der Waals surface area contributed by atoms with E-state index in [9.17, 15) is 22.8 Å². The number of alkyl halides is 3. The summed E-state index contributed by atoms with van der Waals surface area (Å²) < 4.78 is 37.2. The molecule has 30 heavy (non-hydrogen) atoms. The molecule has 3 amide bonds. The van der Waals surface area contributed by atoms with Crippen LogP contribution in [0, 0.1) is 0 Å². The summed E-state index contributed by atoms with van der Waals surface area (Å²) in [5.74, 6) is -0.604. The van der Waals surface area contributed by atoms with Crippen LogP contribution >= 0.6 is 11.6 Å². The fraction of sp³-hybridized carbons (Fsp3) is 0.353. The molecule has 9 nitrogen and oxygen atoms in total. The Balaban J connectivity index is 1.62. The van der Waals surface area contributed by atoms with Gasteiger partial charge in [-0.15, -0.1) is 0 Å². The van der Waals surface area contributed by atoms with E-state index in [1.54, 1.807) is 11.4 Å². The number of amides is 3. The van der Waals surface area contributed by atoms with E-state index in [1.165, 1.54) is 23.4 Å². The molecule has 1 unspecified atom stereocenters. The van der Waals surface area contributed by atoms with E-state index in [1.807, 2.05) is 4.90 Å². The number of pyridine rings is 1. The molecule has 13 heteroatoms. The number of hydrogen-bond donors (Lipinski definition) is 2. The molecular weight excluding hydrogens is 427 g/mol. The quantitative estimate of drug-likeness (QED) is 0.709. The summed E-state index contributed by atoms with van der Waals surface area (Å²) in [6.45, 7) is -0.216. The highest BCUT2D eigenvalue weighted by Gasteiger charge is 2.40. The molecule has 158 valence electrons. The van der Waals surface area contributed by atoms with Gasteiger partial charge in [-0.1, -0.05) is 11.6 Å². The maximum absolute atomic E-state index is 13.0. The molecule has 4 rings (SSSR count). The van der Waals surface area contributed by atoms with Gasteiger partial charge in [-0.05, 0) is 18.6 Å². The average molecular weight is 442 g/mol. The van der Waals surface area contributed by atoms with Crippen molar-refractivity contribution in [2.24, 2.45) is 0 Å². The smallest absolute Gasteiger partial charge is 0.366 e. The van der Waals surface area contributed by atoms with E-state index in [0.29, 0.717) is 25.2 Å². The van der Waals surface area contributed by atoms with Gasteiger partial charge < -0.3 is 10.2 Å². The van der Waals surface area contributed by atoms with Crippen LogP contribution in [0.5, 0.6) is 0 Å². The second kappa shape index (κ2) is 7.59. The number of fused-ring (bicyclic) bond motifs is 4. The fourth-order valence-corrected chi connectivity index (χ4v) is 3.59. The summed E-state index contributed by atoms with van der Waals surface area (Å²) in [6, 6.07) is 3.53. The molecule has 1 saturated heterocycles. The summed E-state index contributed by atoms with van der Waals surface area (Å²) in [5, 5.41) is 4.54. The number of anilines is 3. The number of nitrogens with zero attached hydrogens (tertiary/aromatic N) is 5. The lowest BCUT2D eigenvalue weighted by Crippen LogP contribution is -2.48. The summed E-state index contributed by atoms with van der Waals surface area (Å²) in [7, 11) is 0. The topological polar surface area (TPSA) is 103 Å². The van der Waals surface area contributed by atoms with Crippen LogP contribution in [0.15, 0.2) is 24.5 Å². The third-order valence-electron chi connectivity index (χ3n) is 4.72. The highest BCUT2D eigenvalue weighted by molar-refractivity contribution is 6.29. The first-order valence-corrected chi connectivity index (χ1v) is 9.28. The molecule has 4 heterocycles. The highest BCUT2D eigenvalue weighted by Crippen LogP contribution is 2.39. The van der Waals surface area contributed by atoms with Crippen LogP contribution in [0.25, 0.3) is 0 Å². The number of nitrogens with one attached hydrogen (secondary N) is 2. The zero-order valence-electron chi connectivity index (χ0n) is 15.3. The first kappa shape index (κ1) is 20.1. The van der Waals surface area contributed by atoms with Crippen molar-refractivity contribution in [2.45, 2.75) is 18.6 Å². The summed E-state index contributed by atoms with van der Waals surface area (Å²) in [5.41, 5.74) is 0.398. The van der Waals surface area contributed by atoms with E-state index in [0.717, 1.165) is 0 Å². The fourth-order valence-electron chi connectivity index (χ4n) is 3.44. The minimum atomic E-state index is -4.54. The van der Waals surface area contributed by atoms with Crippen LogP contribution in [0.3, 0.4) is 0 Å². The van der Waals surface area contributed by atoms with Crippen LogP contribution in [0.4, 0.5) is 35.3 Å². The maximum Gasteiger partial charge on any atom is 0.405 e. The predicted molar refractivity (Wildman–Crippen MR) is 102 cm³/mol.